The van der Waals surface area contributed by atoms with Crippen molar-refractivity contribution in [2.75, 3.05) is 5.32 Å². The zero-order valence-electron chi connectivity index (χ0n) is 12.6. The second-order valence-corrected chi connectivity index (χ2v) is 6.39. The van der Waals surface area contributed by atoms with E-state index in [-0.39, 0.29) is 5.91 Å². The Morgan fingerprint density at radius 1 is 1.26 bits per heavy atom. The van der Waals surface area contributed by atoms with Crippen LogP contribution in [-0.2, 0) is 0 Å². The van der Waals surface area contributed by atoms with E-state index in [1.165, 1.54) is 11.5 Å². The number of nitrogens with zero attached hydrogens (tertiary/aromatic N) is 4. The van der Waals surface area contributed by atoms with Crippen molar-refractivity contribution in [3.63, 3.8) is 0 Å². The molecule has 2 heterocycles. The summed E-state index contributed by atoms with van der Waals surface area (Å²) in [7, 11) is 0. The quantitative estimate of drug-likeness (QED) is 0.799. The largest absolute Gasteiger partial charge is 0.297 e. The molecule has 23 heavy (non-hydrogen) atoms. The van der Waals surface area contributed by atoms with Crippen LogP contribution in [0.15, 0.2) is 36.5 Å². The Hall–Kier alpha value is -2.54. The Balaban J connectivity index is 1.47. The third-order valence-corrected chi connectivity index (χ3v) is 4.37. The highest BCUT2D eigenvalue weighted by Gasteiger charge is 2.28. The monoisotopic (exact) mass is 325 g/mol. The topological polar surface area (TPSA) is 72.7 Å². The van der Waals surface area contributed by atoms with E-state index in [1.807, 2.05) is 31.3 Å². The van der Waals surface area contributed by atoms with Crippen LogP contribution in [0.25, 0.3) is 5.69 Å². The number of carbonyl (C=O) groups is 1. The van der Waals surface area contributed by atoms with Crippen molar-refractivity contribution in [2.45, 2.75) is 25.7 Å². The summed E-state index contributed by atoms with van der Waals surface area (Å²) in [6, 6.07) is 9.25. The summed E-state index contributed by atoms with van der Waals surface area (Å²) in [5.41, 5.74) is 2.46. The highest BCUT2D eigenvalue weighted by molar-refractivity contribution is 7.09. The molecule has 2 aromatic heterocycles. The smallest absolute Gasteiger partial charge is 0.257 e. The summed E-state index contributed by atoms with van der Waals surface area (Å²) in [5.74, 6) is 1.18. The highest BCUT2D eigenvalue weighted by atomic mass is 32.1. The number of hydrogen-bond acceptors (Lipinski definition) is 5. The zero-order chi connectivity index (χ0) is 15.8. The molecular formula is C16H15N5OS. The van der Waals surface area contributed by atoms with Crippen molar-refractivity contribution in [3.05, 3.63) is 53.6 Å². The number of amides is 1. The van der Waals surface area contributed by atoms with Gasteiger partial charge in [0.25, 0.3) is 5.91 Å². The van der Waals surface area contributed by atoms with Crippen molar-refractivity contribution < 1.29 is 4.79 Å². The van der Waals surface area contributed by atoms with E-state index in [0.717, 1.165) is 30.0 Å². The van der Waals surface area contributed by atoms with Crippen LogP contribution in [0.5, 0.6) is 0 Å². The molecule has 0 atom stereocenters. The summed E-state index contributed by atoms with van der Waals surface area (Å²) in [6.45, 7) is 1.94. The summed E-state index contributed by atoms with van der Waals surface area (Å²) < 4.78 is 6.07. The predicted octanol–water partition coefficient (Wildman–Crippen LogP) is 3.16. The van der Waals surface area contributed by atoms with Gasteiger partial charge in [-0.15, -0.1) is 0 Å². The minimum Gasteiger partial charge on any atom is -0.297 e. The first-order chi connectivity index (χ1) is 11.2. The van der Waals surface area contributed by atoms with Crippen molar-refractivity contribution in [3.8, 4) is 5.69 Å². The van der Waals surface area contributed by atoms with Crippen LogP contribution in [0.3, 0.4) is 0 Å². The number of hydrogen-bond donors (Lipinski definition) is 1. The van der Waals surface area contributed by atoms with Crippen LogP contribution in [-0.4, -0.2) is 25.0 Å². The molecule has 0 unspecified atom stereocenters. The fourth-order valence-electron chi connectivity index (χ4n) is 2.29. The first kappa shape index (κ1) is 14.1. The van der Waals surface area contributed by atoms with Gasteiger partial charge in [0.05, 0.1) is 11.4 Å². The van der Waals surface area contributed by atoms with Gasteiger partial charge in [-0.05, 0) is 50.1 Å². The van der Waals surface area contributed by atoms with Gasteiger partial charge in [-0.1, -0.05) is 0 Å². The fraction of sp³-hybridized carbons (Fsp3) is 0.250. The van der Waals surface area contributed by atoms with Crippen LogP contribution in [0.4, 0.5) is 5.13 Å². The van der Waals surface area contributed by atoms with Crippen LogP contribution in [0.2, 0.25) is 0 Å². The van der Waals surface area contributed by atoms with Gasteiger partial charge in [0.15, 0.2) is 0 Å². The van der Waals surface area contributed by atoms with Crippen molar-refractivity contribution in [1.29, 1.82) is 0 Å². The molecule has 7 heteroatoms. The summed E-state index contributed by atoms with van der Waals surface area (Å²) in [6.07, 6.45) is 4.20. The first-order valence-corrected chi connectivity index (χ1v) is 8.24. The SMILES string of the molecule is Cc1ccn(-c2ccc(C(=O)Nc3nc(C4CC4)ns3)cc2)n1. The van der Waals surface area contributed by atoms with E-state index in [4.69, 9.17) is 0 Å². The Kier molecular flexibility index (Phi) is 3.42. The Morgan fingerprint density at radius 2 is 2.04 bits per heavy atom. The van der Waals surface area contributed by atoms with Gasteiger partial charge in [0.1, 0.15) is 5.82 Å². The molecule has 1 aliphatic rings. The third kappa shape index (κ3) is 3.00. The Morgan fingerprint density at radius 3 is 2.70 bits per heavy atom. The van der Waals surface area contributed by atoms with Gasteiger partial charge in [-0.2, -0.15) is 9.47 Å². The van der Waals surface area contributed by atoms with Gasteiger partial charge in [0.2, 0.25) is 5.13 Å². The van der Waals surface area contributed by atoms with E-state index in [1.54, 1.807) is 16.8 Å². The van der Waals surface area contributed by atoms with E-state index < -0.39 is 0 Å². The minimum absolute atomic E-state index is 0.174. The molecule has 116 valence electrons. The third-order valence-electron chi connectivity index (χ3n) is 3.72. The van der Waals surface area contributed by atoms with Gasteiger partial charge in [-0.3, -0.25) is 10.1 Å². The van der Waals surface area contributed by atoms with E-state index >= 15 is 0 Å². The second kappa shape index (κ2) is 5.58. The first-order valence-electron chi connectivity index (χ1n) is 7.47. The average molecular weight is 325 g/mol. The van der Waals surface area contributed by atoms with Crippen molar-refractivity contribution in [1.82, 2.24) is 19.1 Å². The fourth-order valence-corrected chi connectivity index (χ4v) is 2.93. The summed E-state index contributed by atoms with van der Waals surface area (Å²) in [5, 5.41) is 7.71. The molecule has 1 fully saturated rings. The molecule has 4 rings (SSSR count). The van der Waals surface area contributed by atoms with Crippen molar-refractivity contribution in [2.24, 2.45) is 0 Å². The van der Waals surface area contributed by atoms with Crippen LogP contribution >= 0.6 is 11.5 Å². The van der Waals surface area contributed by atoms with Gasteiger partial charge in [-0.25, -0.2) is 9.67 Å². The predicted molar refractivity (Wildman–Crippen MR) is 88.1 cm³/mol. The highest BCUT2D eigenvalue weighted by Crippen LogP contribution is 2.39. The van der Waals surface area contributed by atoms with E-state index in [9.17, 15) is 4.79 Å². The molecule has 0 bridgehead atoms. The summed E-state index contributed by atoms with van der Waals surface area (Å²) >= 11 is 1.24. The molecule has 0 spiro atoms. The molecule has 1 aromatic carbocycles. The van der Waals surface area contributed by atoms with Gasteiger partial charge < -0.3 is 0 Å². The zero-order valence-corrected chi connectivity index (χ0v) is 13.4. The maximum atomic E-state index is 12.3. The molecule has 6 nitrogen and oxygen atoms in total. The lowest BCUT2D eigenvalue weighted by molar-refractivity contribution is 0.102. The number of rotatable bonds is 4. The van der Waals surface area contributed by atoms with Gasteiger partial charge in [0, 0.05) is 29.2 Å². The molecular weight excluding hydrogens is 310 g/mol. The number of aromatic nitrogens is 4. The number of aryl methyl sites for hydroxylation is 1. The maximum Gasteiger partial charge on any atom is 0.257 e. The Bertz CT molecular complexity index is 847. The second-order valence-electron chi connectivity index (χ2n) is 5.63. The number of benzene rings is 1. The molecule has 0 aliphatic heterocycles. The number of anilines is 1. The Labute approximate surface area is 137 Å². The van der Waals surface area contributed by atoms with Crippen LogP contribution < -0.4 is 5.32 Å². The maximum absolute atomic E-state index is 12.3. The average Bonchev–Trinajstić information content (AvgIpc) is 3.16. The standard InChI is InChI=1S/C16H15N5OS/c1-10-8-9-21(19-10)13-6-4-12(5-7-13)15(22)18-16-17-14(20-23-16)11-2-3-11/h4-9,11H,2-3H2,1H3,(H,17,18,20,22). The number of carbonyl (C=O) groups excluding carboxylic acids is 1. The lowest BCUT2D eigenvalue weighted by Crippen LogP contribution is -2.11. The minimum atomic E-state index is -0.174. The molecule has 1 N–H and O–H groups in total. The molecule has 1 saturated carbocycles. The van der Waals surface area contributed by atoms with E-state index in [2.05, 4.69) is 19.8 Å². The van der Waals surface area contributed by atoms with Crippen molar-refractivity contribution >= 4 is 22.6 Å². The molecule has 1 amide bonds. The number of nitrogens with one attached hydrogen (secondary N) is 1. The summed E-state index contributed by atoms with van der Waals surface area (Å²) in [4.78, 5) is 16.6. The van der Waals surface area contributed by atoms with Gasteiger partial charge >= 0.3 is 0 Å². The normalized spacial score (nSPS) is 14.0. The lowest BCUT2D eigenvalue weighted by Gasteiger charge is -2.04. The molecule has 3 aromatic rings. The van der Waals surface area contributed by atoms with Crippen LogP contribution in [0.1, 0.15) is 40.6 Å². The van der Waals surface area contributed by atoms with E-state index in [0.29, 0.717) is 16.6 Å². The van der Waals surface area contributed by atoms with Crippen LogP contribution in [0, 0.1) is 6.92 Å². The molecule has 1 aliphatic carbocycles. The molecule has 0 radical (unpaired) electrons. The molecule has 0 saturated heterocycles. The lowest BCUT2D eigenvalue weighted by atomic mass is 10.2.